The van der Waals surface area contributed by atoms with Gasteiger partial charge in [0.1, 0.15) is 11.3 Å². The van der Waals surface area contributed by atoms with Gasteiger partial charge in [-0.2, -0.15) is 0 Å². The van der Waals surface area contributed by atoms with Gasteiger partial charge in [0.25, 0.3) is 0 Å². The van der Waals surface area contributed by atoms with Crippen LogP contribution in [0.1, 0.15) is 24.2 Å². The van der Waals surface area contributed by atoms with Gasteiger partial charge in [0.05, 0.1) is 0 Å². The minimum absolute atomic E-state index is 0.397. The topological polar surface area (TPSA) is 35.5 Å². The summed E-state index contributed by atoms with van der Waals surface area (Å²) in [5.74, 6) is -0.834. The fourth-order valence-corrected chi connectivity index (χ4v) is 2.53. The molecule has 0 amide bonds. The van der Waals surface area contributed by atoms with Crippen molar-refractivity contribution in [2.24, 2.45) is 0 Å². The Balaban J connectivity index is 2.21. The SMILES string of the molecule is CC1(C)OC(=O)c2c(cccc2-c2ccccc2Cl)O1. The maximum atomic E-state index is 12.3. The van der Waals surface area contributed by atoms with Crippen LogP contribution in [-0.4, -0.2) is 11.8 Å². The average Bonchev–Trinajstić information content (AvgIpc) is 2.37. The van der Waals surface area contributed by atoms with Crippen LogP contribution in [0.4, 0.5) is 0 Å². The van der Waals surface area contributed by atoms with Crippen LogP contribution in [0.3, 0.4) is 0 Å². The molecular formula is C16H13ClO3. The maximum Gasteiger partial charge on any atom is 0.345 e. The lowest BCUT2D eigenvalue weighted by molar-refractivity contribution is -0.127. The highest BCUT2D eigenvalue weighted by atomic mass is 35.5. The normalized spacial score (nSPS) is 16.1. The second-order valence-electron chi connectivity index (χ2n) is 5.05. The Labute approximate surface area is 122 Å². The van der Waals surface area contributed by atoms with Gasteiger partial charge >= 0.3 is 5.97 Å². The zero-order chi connectivity index (χ0) is 14.3. The maximum absolute atomic E-state index is 12.3. The third kappa shape index (κ3) is 2.14. The largest absolute Gasteiger partial charge is 0.452 e. The van der Waals surface area contributed by atoms with Crippen molar-refractivity contribution in [1.29, 1.82) is 0 Å². The Morgan fingerprint density at radius 3 is 2.40 bits per heavy atom. The Bertz CT molecular complexity index is 692. The fraction of sp³-hybridized carbons (Fsp3) is 0.188. The zero-order valence-corrected chi connectivity index (χ0v) is 11.9. The van der Waals surface area contributed by atoms with Crippen molar-refractivity contribution < 1.29 is 14.3 Å². The molecule has 0 aromatic heterocycles. The molecule has 0 radical (unpaired) electrons. The van der Waals surface area contributed by atoms with E-state index in [9.17, 15) is 4.79 Å². The molecule has 0 atom stereocenters. The van der Waals surface area contributed by atoms with E-state index in [1.807, 2.05) is 30.3 Å². The van der Waals surface area contributed by atoms with Gasteiger partial charge in [0.2, 0.25) is 5.79 Å². The number of hydrogen-bond donors (Lipinski definition) is 0. The first kappa shape index (κ1) is 13.0. The van der Waals surface area contributed by atoms with Crippen LogP contribution < -0.4 is 4.74 Å². The molecule has 1 aliphatic rings. The van der Waals surface area contributed by atoms with Gasteiger partial charge in [0.15, 0.2) is 0 Å². The standard InChI is InChI=1S/C16H13ClO3/c1-16(2)19-13-9-5-7-11(14(13)15(18)20-16)10-6-3-4-8-12(10)17/h3-9H,1-2H3. The number of carbonyl (C=O) groups excluding carboxylic acids is 1. The number of esters is 1. The lowest BCUT2D eigenvalue weighted by Gasteiger charge is -2.32. The van der Waals surface area contributed by atoms with E-state index < -0.39 is 11.8 Å². The molecule has 4 heteroatoms. The first-order chi connectivity index (χ1) is 9.48. The summed E-state index contributed by atoms with van der Waals surface area (Å²) in [6, 6.07) is 12.8. The number of ether oxygens (including phenoxy) is 2. The molecule has 0 spiro atoms. The number of benzene rings is 2. The lowest BCUT2D eigenvalue weighted by atomic mass is 9.98. The van der Waals surface area contributed by atoms with Gasteiger partial charge in [-0.25, -0.2) is 4.79 Å². The van der Waals surface area contributed by atoms with E-state index in [1.165, 1.54) is 0 Å². The molecule has 2 aromatic rings. The fourth-order valence-electron chi connectivity index (χ4n) is 2.29. The van der Waals surface area contributed by atoms with Crippen molar-refractivity contribution in [3.05, 3.63) is 53.1 Å². The summed E-state index contributed by atoms with van der Waals surface area (Å²) >= 11 is 6.21. The molecule has 3 nitrogen and oxygen atoms in total. The Hall–Kier alpha value is -2.00. The number of carbonyl (C=O) groups is 1. The van der Waals surface area contributed by atoms with Crippen molar-refractivity contribution in [3.8, 4) is 16.9 Å². The van der Waals surface area contributed by atoms with Crippen LogP contribution in [0, 0.1) is 0 Å². The molecule has 1 heterocycles. The van der Waals surface area contributed by atoms with Crippen LogP contribution in [-0.2, 0) is 4.74 Å². The van der Waals surface area contributed by atoms with E-state index in [-0.39, 0.29) is 0 Å². The first-order valence-electron chi connectivity index (χ1n) is 6.28. The monoisotopic (exact) mass is 288 g/mol. The second kappa shape index (κ2) is 4.53. The number of fused-ring (bicyclic) bond motifs is 1. The van der Waals surface area contributed by atoms with Crippen LogP contribution in [0.25, 0.3) is 11.1 Å². The van der Waals surface area contributed by atoms with Gasteiger partial charge in [-0.3, -0.25) is 0 Å². The molecule has 1 aliphatic heterocycles. The van der Waals surface area contributed by atoms with Crippen molar-refractivity contribution in [2.45, 2.75) is 19.6 Å². The van der Waals surface area contributed by atoms with Crippen molar-refractivity contribution >= 4 is 17.6 Å². The molecule has 102 valence electrons. The number of halogens is 1. The van der Waals surface area contributed by atoms with E-state index in [1.54, 1.807) is 26.0 Å². The predicted molar refractivity (Wildman–Crippen MR) is 77.0 cm³/mol. The van der Waals surface area contributed by atoms with Gasteiger partial charge in [-0.15, -0.1) is 0 Å². The molecule has 0 fully saturated rings. The van der Waals surface area contributed by atoms with Gasteiger partial charge in [0, 0.05) is 30.0 Å². The molecule has 2 aromatic carbocycles. The van der Waals surface area contributed by atoms with Crippen LogP contribution >= 0.6 is 11.6 Å². The van der Waals surface area contributed by atoms with Gasteiger partial charge in [-0.05, 0) is 12.1 Å². The summed E-state index contributed by atoms with van der Waals surface area (Å²) in [6.45, 7) is 3.41. The predicted octanol–water partition coefficient (Wildman–Crippen LogP) is 4.29. The van der Waals surface area contributed by atoms with E-state index >= 15 is 0 Å². The smallest absolute Gasteiger partial charge is 0.345 e. The number of cyclic esters (lactones) is 1. The molecule has 3 rings (SSSR count). The van der Waals surface area contributed by atoms with E-state index in [0.717, 1.165) is 5.56 Å². The second-order valence-corrected chi connectivity index (χ2v) is 5.46. The highest BCUT2D eigenvalue weighted by Crippen LogP contribution is 2.39. The average molecular weight is 289 g/mol. The zero-order valence-electron chi connectivity index (χ0n) is 11.1. The third-order valence-electron chi connectivity index (χ3n) is 3.09. The summed E-state index contributed by atoms with van der Waals surface area (Å²) in [5.41, 5.74) is 1.92. The Morgan fingerprint density at radius 1 is 0.950 bits per heavy atom. The Kier molecular flexibility index (Phi) is 2.94. The van der Waals surface area contributed by atoms with Crippen molar-refractivity contribution in [2.75, 3.05) is 0 Å². The minimum Gasteiger partial charge on any atom is -0.452 e. The van der Waals surface area contributed by atoms with Crippen LogP contribution in [0.15, 0.2) is 42.5 Å². The van der Waals surface area contributed by atoms with Gasteiger partial charge in [-0.1, -0.05) is 41.9 Å². The molecule has 0 saturated carbocycles. The van der Waals surface area contributed by atoms with Crippen molar-refractivity contribution in [3.63, 3.8) is 0 Å². The summed E-state index contributed by atoms with van der Waals surface area (Å²) in [5, 5.41) is 0.582. The van der Waals surface area contributed by atoms with E-state index in [0.29, 0.717) is 21.9 Å². The summed E-state index contributed by atoms with van der Waals surface area (Å²) < 4.78 is 11.0. The van der Waals surface area contributed by atoms with E-state index in [4.69, 9.17) is 21.1 Å². The van der Waals surface area contributed by atoms with E-state index in [2.05, 4.69) is 0 Å². The molecule has 0 N–H and O–H groups in total. The molecule has 0 bridgehead atoms. The summed E-state index contributed by atoms with van der Waals surface area (Å²) in [4.78, 5) is 12.3. The Morgan fingerprint density at radius 2 is 1.65 bits per heavy atom. The highest BCUT2D eigenvalue weighted by Gasteiger charge is 2.35. The molecule has 20 heavy (non-hydrogen) atoms. The minimum atomic E-state index is -0.955. The molecular weight excluding hydrogens is 276 g/mol. The first-order valence-corrected chi connectivity index (χ1v) is 6.66. The quantitative estimate of drug-likeness (QED) is 0.734. The molecule has 0 aliphatic carbocycles. The van der Waals surface area contributed by atoms with Crippen LogP contribution in [0.5, 0.6) is 5.75 Å². The molecule has 0 saturated heterocycles. The van der Waals surface area contributed by atoms with Gasteiger partial charge < -0.3 is 9.47 Å². The molecule has 0 unspecified atom stereocenters. The lowest BCUT2D eigenvalue weighted by Crippen LogP contribution is -2.39. The van der Waals surface area contributed by atoms with Crippen molar-refractivity contribution in [1.82, 2.24) is 0 Å². The number of hydrogen-bond acceptors (Lipinski definition) is 3. The summed E-state index contributed by atoms with van der Waals surface area (Å²) in [7, 11) is 0. The number of rotatable bonds is 1. The van der Waals surface area contributed by atoms with Crippen LogP contribution in [0.2, 0.25) is 5.02 Å². The third-order valence-corrected chi connectivity index (χ3v) is 3.42. The summed E-state index contributed by atoms with van der Waals surface area (Å²) in [6.07, 6.45) is 0. The highest BCUT2D eigenvalue weighted by molar-refractivity contribution is 6.33.